The van der Waals surface area contributed by atoms with Gasteiger partial charge in [-0.15, -0.1) is 0 Å². The van der Waals surface area contributed by atoms with Crippen LogP contribution in [0.1, 0.15) is 23.3 Å². The first-order valence-electron chi connectivity index (χ1n) is 7.01. The quantitative estimate of drug-likeness (QED) is 0.816. The van der Waals surface area contributed by atoms with Crippen LogP contribution in [0.2, 0.25) is 0 Å². The molecule has 1 aliphatic heterocycles. The number of amides is 3. The highest BCUT2D eigenvalue weighted by molar-refractivity contribution is 6.08. The summed E-state index contributed by atoms with van der Waals surface area (Å²) in [6, 6.07) is 6.71. The van der Waals surface area contributed by atoms with Gasteiger partial charge in [0.25, 0.3) is 5.91 Å². The van der Waals surface area contributed by atoms with E-state index in [1.165, 1.54) is 9.58 Å². The van der Waals surface area contributed by atoms with Gasteiger partial charge >= 0.3 is 0 Å². The fourth-order valence-electron chi connectivity index (χ4n) is 2.76. The van der Waals surface area contributed by atoms with Gasteiger partial charge in [0.2, 0.25) is 11.8 Å². The molecule has 2 heterocycles. The molecular weight excluding hydrogens is 284 g/mol. The summed E-state index contributed by atoms with van der Waals surface area (Å²) in [5.74, 6) is -1.02. The molecule has 1 unspecified atom stereocenters. The minimum Gasteiger partial charge on any atom is -0.328 e. The number of carbonyl (C=O) groups excluding carboxylic acids is 3. The fraction of sp³-hybridized carbons (Fsp3) is 0.333. The van der Waals surface area contributed by atoms with Crippen LogP contribution >= 0.6 is 0 Å². The lowest BCUT2D eigenvalue weighted by molar-refractivity contribution is -0.136. The molecule has 1 atom stereocenters. The van der Waals surface area contributed by atoms with Crippen LogP contribution in [0.25, 0.3) is 10.9 Å². The van der Waals surface area contributed by atoms with Gasteiger partial charge in [-0.05, 0) is 12.5 Å². The van der Waals surface area contributed by atoms with Gasteiger partial charge in [0.1, 0.15) is 11.7 Å². The van der Waals surface area contributed by atoms with Crippen molar-refractivity contribution < 1.29 is 14.4 Å². The lowest BCUT2D eigenvalue weighted by Gasteiger charge is -2.29. The summed E-state index contributed by atoms with van der Waals surface area (Å²) in [4.78, 5) is 37.3. The number of carbonyl (C=O) groups is 3. The Bertz CT molecular complexity index is 780. The van der Waals surface area contributed by atoms with Gasteiger partial charge in [0.15, 0.2) is 0 Å². The molecule has 0 bridgehead atoms. The van der Waals surface area contributed by atoms with E-state index in [0.29, 0.717) is 12.1 Å². The molecule has 1 fully saturated rings. The Morgan fingerprint density at radius 2 is 2.09 bits per heavy atom. The maximum atomic E-state index is 12.8. The summed E-state index contributed by atoms with van der Waals surface area (Å²) in [6.07, 6.45) is 0.572. The number of hydrogen-bond donors (Lipinski definition) is 1. The Kier molecular flexibility index (Phi) is 3.40. The Hall–Kier alpha value is -2.70. The van der Waals surface area contributed by atoms with Gasteiger partial charge < -0.3 is 4.90 Å². The second kappa shape index (κ2) is 5.25. The van der Waals surface area contributed by atoms with Crippen LogP contribution in [0.3, 0.4) is 0 Å². The first-order chi connectivity index (χ1) is 10.5. The molecule has 1 aromatic carbocycles. The minimum absolute atomic E-state index is 0.236. The van der Waals surface area contributed by atoms with E-state index in [1.54, 1.807) is 14.1 Å². The number of nitrogens with one attached hydrogen (secondary N) is 1. The Balaban J connectivity index is 1.94. The average Bonchev–Trinajstić information content (AvgIpc) is 2.81. The number of aromatic nitrogens is 2. The molecule has 22 heavy (non-hydrogen) atoms. The van der Waals surface area contributed by atoms with E-state index in [-0.39, 0.29) is 18.2 Å². The average molecular weight is 300 g/mol. The van der Waals surface area contributed by atoms with Crippen molar-refractivity contribution in [1.82, 2.24) is 20.0 Å². The highest BCUT2D eigenvalue weighted by atomic mass is 16.2. The van der Waals surface area contributed by atoms with Crippen LogP contribution in [-0.2, 0) is 16.6 Å². The first kappa shape index (κ1) is 14.2. The third-order valence-electron chi connectivity index (χ3n) is 3.94. The fourth-order valence-corrected chi connectivity index (χ4v) is 2.76. The Morgan fingerprint density at radius 1 is 1.36 bits per heavy atom. The molecule has 2 aromatic rings. The lowest BCUT2D eigenvalue weighted by atomic mass is 10.0. The summed E-state index contributed by atoms with van der Waals surface area (Å²) in [7, 11) is 3.27. The highest BCUT2D eigenvalue weighted by Crippen LogP contribution is 2.21. The molecule has 0 spiro atoms. The van der Waals surface area contributed by atoms with Gasteiger partial charge in [-0.25, -0.2) is 0 Å². The normalized spacial score (nSPS) is 18.4. The monoisotopic (exact) mass is 300 g/mol. The molecule has 1 aromatic heterocycles. The molecule has 7 nitrogen and oxygen atoms in total. The van der Waals surface area contributed by atoms with E-state index < -0.39 is 11.9 Å². The zero-order valence-corrected chi connectivity index (χ0v) is 12.4. The number of aryl methyl sites for hydroxylation is 1. The van der Waals surface area contributed by atoms with E-state index in [9.17, 15) is 14.4 Å². The van der Waals surface area contributed by atoms with Crippen molar-refractivity contribution in [2.75, 3.05) is 7.05 Å². The maximum Gasteiger partial charge on any atom is 0.273 e. The molecule has 3 amide bonds. The molecule has 3 rings (SSSR count). The van der Waals surface area contributed by atoms with Crippen molar-refractivity contribution in [3.8, 4) is 0 Å². The largest absolute Gasteiger partial charge is 0.328 e. The number of hydrogen-bond acceptors (Lipinski definition) is 4. The molecule has 0 saturated carbocycles. The highest BCUT2D eigenvalue weighted by Gasteiger charge is 2.34. The minimum atomic E-state index is -0.640. The molecular formula is C15H16N4O3. The van der Waals surface area contributed by atoms with Gasteiger partial charge in [0.05, 0.1) is 5.52 Å². The van der Waals surface area contributed by atoms with E-state index >= 15 is 0 Å². The SMILES string of the molecule is CN(C(=O)c1c2ccccc2nn1C)C1CCC(=O)NC1=O. The van der Waals surface area contributed by atoms with Gasteiger partial charge in [-0.2, -0.15) is 5.10 Å². The van der Waals surface area contributed by atoms with Crippen LogP contribution in [0.4, 0.5) is 0 Å². The number of piperidine rings is 1. The Morgan fingerprint density at radius 3 is 2.82 bits per heavy atom. The molecule has 1 N–H and O–H groups in total. The van der Waals surface area contributed by atoms with Crippen LogP contribution in [0.15, 0.2) is 24.3 Å². The molecule has 1 aliphatic rings. The van der Waals surface area contributed by atoms with Gasteiger partial charge in [-0.3, -0.25) is 24.4 Å². The summed E-state index contributed by atoms with van der Waals surface area (Å²) in [6.45, 7) is 0. The lowest BCUT2D eigenvalue weighted by Crippen LogP contribution is -2.53. The van der Waals surface area contributed by atoms with Gasteiger partial charge in [-0.1, -0.05) is 18.2 Å². The number of rotatable bonds is 2. The maximum absolute atomic E-state index is 12.8. The van der Waals surface area contributed by atoms with E-state index in [1.807, 2.05) is 24.3 Å². The number of fused-ring (bicyclic) bond motifs is 1. The molecule has 0 radical (unpaired) electrons. The standard InChI is InChI=1S/C15H16N4O3/c1-18(11-7-8-12(20)16-14(11)21)15(22)13-9-5-3-4-6-10(9)17-19(13)2/h3-6,11H,7-8H2,1-2H3,(H,16,20,21). The van der Waals surface area contributed by atoms with Crippen molar-refractivity contribution in [3.05, 3.63) is 30.0 Å². The molecule has 114 valence electrons. The van der Waals surface area contributed by atoms with Crippen molar-refractivity contribution in [2.24, 2.45) is 7.05 Å². The topological polar surface area (TPSA) is 84.3 Å². The molecule has 1 saturated heterocycles. The van der Waals surface area contributed by atoms with Crippen LogP contribution in [0, 0.1) is 0 Å². The molecule has 0 aliphatic carbocycles. The van der Waals surface area contributed by atoms with Crippen molar-refractivity contribution in [2.45, 2.75) is 18.9 Å². The van der Waals surface area contributed by atoms with Crippen molar-refractivity contribution in [1.29, 1.82) is 0 Å². The van der Waals surface area contributed by atoms with Crippen LogP contribution < -0.4 is 5.32 Å². The van der Waals surface area contributed by atoms with Crippen molar-refractivity contribution in [3.63, 3.8) is 0 Å². The predicted octanol–water partition coefficient (Wildman–Crippen LogP) is 0.450. The Labute approximate surface area is 126 Å². The predicted molar refractivity (Wildman–Crippen MR) is 79.0 cm³/mol. The van der Waals surface area contributed by atoms with Crippen LogP contribution in [-0.4, -0.2) is 45.5 Å². The molecule has 7 heteroatoms. The first-order valence-corrected chi connectivity index (χ1v) is 7.01. The smallest absolute Gasteiger partial charge is 0.273 e. The zero-order chi connectivity index (χ0) is 15.9. The summed E-state index contributed by atoms with van der Waals surface area (Å²) in [5.41, 5.74) is 1.16. The summed E-state index contributed by atoms with van der Waals surface area (Å²) < 4.78 is 1.52. The third kappa shape index (κ3) is 2.24. The second-order valence-corrected chi connectivity index (χ2v) is 5.37. The van der Waals surface area contributed by atoms with E-state index in [0.717, 1.165) is 10.9 Å². The number of benzene rings is 1. The summed E-state index contributed by atoms with van der Waals surface area (Å²) in [5, 5.41) is 7.32. The second-order valence-electron chi connectivity index (χ2n) is 5.37. The van der Waals surface area contributed by atoms with E-state index in [2.05, 4.69) is 10.4 Å². The number of nitrogens with zero attached hydrogens (tertiary/aromatic N) is 3. The van der Waals surface area contributed by atoms with E-state index in [4.69, 9.17) is 0 Å². The van der Waals surface area contributed by atoms with Crippen molar-refractivity contribution >= 4 is 28.6 Å². The third-order valence-corrected chi connectivity index (χ3v) is 3.94. The zero-order valence-electron chi connectivity index (χ0n) is 12.4. The summed E-state index contributed by atoms with van der Waals surface area (Å²) >= 11 is 0. The van der Waals surface area contributed by atoms with Gasteiger partial charge in [0, 0.05) is 25.9 Å². The number of imide groups is 1. The van der Waals surface area contributed by atoms with Crippen LogP contribution in [0.5, 0.6) is 0 Å². The number of likely N-dealkylation sites (N-methyl/N-ethyl adjacent to an activating group) is 1.